The summed E-state index contributed by atoms with van der Waals surface area (Å²) in [5.74, 6) is -0.0353. The fraction of sp³-hybridized carbons (Fsp3) is 0.143. The number of pyridine rings is 1. The van der Waals surface area contributed by atoms with Gasteiger partial charge in [-0.3, -0.25) is 14.1 Å². The lowest BCUT2D eigenvalue weighted by Gasteiger charge is -2.34. The number of hydrogen-bond acceptors (Lipinski definition) is 5. The summed E-state index contributed by atoms with van der Waals surface area (Å²) in [5.41, 5.74) is 1.30. The Morgan fingerprint density at radius 2 is 1.72 bits per heavy atom. The molecule has 0 bridgehead atoms. The van der Waals surface area contributed by atoms with E-state index in [9.17, 15) is 13.2 Å². The molecule has 2 aromatic carbocycles. The van der Waals surface area contributed by atoms with Crippen molar-refractivity contribution < 1.29 is 17.9 Å². The number of rotatable bonds is 5. The smallest absolute Gasteiger partial charge is 0.264 e. The molecule has 0 saturated heterocycles. The average molecular weight is 409 g/mol. The number of anilines is 1. The van der Waals surface area contributed by atoms with Crippen molar-refractivity contribution in [2.45, 2.75) is 17.5 Å². The fourth-order valence-electron chi connectivity index (χ4n) is 3.09. The highest BCUT2D eigenvalue weighted by molar-refractivity contribution is 7.92. The highest BCUT2D eigenvalue weighted by atomic mass is 32.2. The van der Waals surface area contributed by atoms with Crippen LogP contribution in [-0.4, -0.2) is 32.0 Å². The van der Waals surface area contributed by atoms with Crippen LogP contribution in [0.5, 0.6) is 5.75 Å². The third kappa shape index (κ3) is 3.93. The second-order valence-corrected chi connectivity index (χ2v) is 8.36. The lowest BCUT2D eigenvalue weighted by molar-refractivity contribution is -0.127. The van der Waals surface area contributed by atoms with Crippen LogP contribution in [0.3, 0.4) is 0 Å². The van der Waals surface area contributed by atoms with Gasteiger partial charge >= 0.3 is 0 Å². The van der Waals surface area contributed by atoms with Gasteiger partial charge in [0.25, 0.3) is 15.9 Å². The van der Waals surface area contributed by atoms with E-state index in [1.807, 2.05) is 0 Å². The van der Waals surface area contributed by atoms with E-state index in [2.05, 4.69) is 10.3 Å². The quantitative estimate of drug-likeness (QED) is 0.699. The molecule has 0 spiro atoms. The Labute approximate surface area is 169 Å². The Kier molecular flexibility index (Phi) is 5.18. The topological polar surface area (TPSA) is 88.6 Å². The van der Waals surface area contributed by atoms with E-state index >= 15 is 0 Å². The molecule has 0 saturated carbocycles. The van der Waals surface area contributed by atoms with Crippen LogP contribution in [-0.2, 0) is 21.4 Å². The second kappa shape index (κ2) is 7.92. The third-order valence-corrected chi connectivity index (χ3v) is 6.37. The normalized spacial score (nSPS) is 15.9. The third-order valence-electron chi connectivity index (χ3n) is 4.57. The number of carbonyl (C=O) groups is 1. The standard InChI is InChI=1S/C21H19N3O4S/c25-21(23-14-16-10-12-22-13-11-16)20-15-24(18-8-4-5-9-19(18)28-20)29(26,27)17-6-2-1-3-7-17/h1-13,20H,14-15H2,(H,23,25). The summed E-state index contributed by atoms with van der Waals surface area (Å²) in [7, 11) is -3.84. The molecule has 1 N–H and O–H groups in total. The predicted molar refractivity (Wildman–Crippen MR) is 108 cm³/mol. The van der Waals surface area contributed by atoms with Gasteiger partial charge in [0.2, 0.25) is 0 Å². The molecule has 148 valence electrons. The van der Waals surface area contributed by atoms with E-state index < -0.39 is 16.1 Å². The average Bonchev–Trinajstić information content (AvgIpc) is 2.78. The van der Waals surface area contributed by atoms with E-state index in [1.54, 1.807) is 67.0 Å². The Morgan fingerprint density at radius 3 is 2.48 bits per heavy atom. The van der Waals surface area contributed by atoms with Crippen molar-refractivity contribution in [3.05, 3.63) is 84.7 Å². The van der Waals surface area contributed by atoms with Crippen LogP contribution >= 0.6 is 0 Å². The number of sulfonamides is 1. The van der Waals surface area contributed by atoms with Gasteiger partial charge in [0.05, 0.1) is 17.1 Å². The number of amides is 1. The highest BCUT2D eigenvalue weighted by Gasteiger charge is 2.37. The minimum atomic E-state index is -3.84. The summed E-state index contributed by atoms with van der Waals surface area (Å²) < 4.78 is 33.5. The minimum Gasteiger partial charge on any atom is -0.476 e. The summed E-state index contributed by atoms with van der Waals surface area (Å²) in [6, 6.07) is 18.5. The molecule has 7 nitrogen and oxygen atoms in total. The van der Waals surface area contributed by atoms with Gasteiger partial charge in [-0.15, -0.1) is 0 Å². The summed E-state index contributed by atoms with van der Waals surface area (Å²) >= 11 is 0. The van der Waals surface area contributed by atoms with Crippen molar-refractivity contribution in [2.75, 3.05) is 10.8 Å². The van der Waals surface area contributed by atoms with Crippen LogP contribution in [0.25, 0.3) is 0 Å². The first kappa shape index (κ1) is 18.9. The molecule has 1 aliphatic rings. The Morgan fingerprint density at radius 1 is 1.03 bits per heavy atom. The SMILES string of the molecule is O=C(NCc1ccncc1)C1CN(S(=O)(=O)c2ccccc2)c2ccccc2O1. The molecule has 1 atom stereocenters. The summed E-state index contributed by atoms with van der Waals surface area (Å²) in [4.78, 5) is 16.8. The maximum Gasteiger partial charge on any atom is 0.264 e. The fourth-order valence-corrected chi connectivity index (χ4v) is 4.59. The highest BCUT2D eigenvalue weighted by Crippen LogP contribution is 2.36. The second-order valence-electron chi connectivity index (χ2n) is 6.50. The molecular formula is C21H19N3O4S. The number of para-hydroxylation sites is 2. The number of nitrogens with one attached hydrogen (secondary N) is 1. The van der Waals surface area contributed by atoms with Crippen LogP contribution in [0.1, 0.15) is 5.56 Å². The van der Waals surface area contributed by atoms with Crippen LogP contribution < -0.4 is 14.4 Å². The number of fused-ring (bicyclic) bond motifs is 1. The van der Waals surface area contributed by atoms with Crippen molar-refractivity contribution in [2.24, 2.45) is 0 Å². The van der Waals surface area contributed by atoms with Crippen molar-refractivity contribution in [3.8, 4) is 5.75 Å². The molecule has 3 aromatic rings. The van der Waals surface area contributed by atoms with Crippen molar-refractivity contribution in [1.29, 1.82) is 0 Å². The Hall–Kier alpha value is -3.39. The van der Waals surface area contributed by atoms with E-state index in [-0.39, 0.29) is 17.3 Å². The molecule has 8 heteroatoms. The molecule has 4 rings (SSSR count). The Balaban J connectivity index is 1.60. The van der Waals surface area contributed by atoms with Crippen LogP contribution in [0.15, 0.2) is 84.0 Å². The zero-order chi connectivity index (χ0) is 20.3. The largest absolute Gasteiger partial charge is 0.476 e. The molecule has 0 aliphatic carbocycles. The number of hydrogen-bond donors (Lipinski definition) is 1. The lowest BCUT2D eigenvalue weighted by Crippen LogP contribution is -2.50. The number of nitrogens with zero attached hydrogens (tertiary/aromatic N) is 2. The van der Waals surface area contributed by atoms with Gasteiger partial charge in [0, 0.05) is 18.9 Å². The van der Waals surface area contributed by atoms with Gasteiger partial charge in [0.15, 0.2) is 6.10 Å². The van der Waals surface area contributed by atoms with Gasteiger partial charge in [-0.05, 0) is 42.0 Å². The van der Waals surface area contributed by atoms with Crippen molar-refractivity contribution >= 4 is 21.6 Å². The maximum atomic E-state index is 13.2. The summed E-state index contributed by atoms with van der Waals surface area (Å²) in [6.45, 7) is 0.185. The molecule has 0 radical (unpaired) electrons. The monoisotopic (exact) mass is 409 g/mol. The maximum absolute atomic E-state index is 13.2. The predicted octanol–water partition coefficient (Wildman–Crippen LogP) is 2.35. The van der Waals surface area contributed by atoms with E-state index in [4.69, 9.17) is 4.74 Å². The molecule has 1 unspecified atom stereocenters. The van der Waals surface area contributed by atoms with Crippen molar-refractivity contribution in [3.63, 3.8) is 0 Å². The number of ether oxygens (including phenoxy) is 1. The molecule has 2 heterocycles. The first-order valence-electron chi connectivity index (χ1n) is 9.06. The first-order chi connectivity index (χ1) is 14.1. The van der Waals surface area contributed by atoms with E-state index in [1.165, 1.54) is 16.4 Å². The number of benzene rings is 2. The number of carbonyl (C=O) groups excluding carboxylic acids is 1. The Bertz CT molecular complexity index is 1110. The number of aromatic nitrogens is 1. The zero-order valence-corrected chi connectivity index (χ0v) is 16.2. The summed E-state index contributed by atoms with van der Waals surface area (Å²) in [6.07, 6.45) is 2.32. The van der Waals surface area contributed by atoms with Crippen LogP contribution in [0, 0.1) is 0 Å². The molecule has 1 aromatic heterocycles. The zero-order valence-electron chi connectivity index (χ0n) is 15.4. The first-order valence-corrected chi connectivity index (χ1v) is 10.5. The van der Waals surface area contributed by atoms with Gasteiger partial charge < -0.3 is 10.1 Å². The molecule has 0 fully saturated rings. The summed E-state index contributed by atoms with van der Waals surface area (Å²) in [5, 5.41) is 2.80. The molecular weight excluding hydrogens is 390 g/mol. The van der Waals surface area contributed by atoms with Gasteiger partial charge in [-0.25, -0.2) is 8.42 Å². The van der Waals surface area contributed by atoms with Gasteiger partial charge in [0.1, 0.15) is 5.75 Å². The molecule has 1 amide bonds. The molecule has 29 heavy (non-hydrogen) atoms. The molecule has 1 aliphatic heterocycles. The van der Waals surface area contributed by atoms with Crippen molar-refractivity contribution in [1.82, 2.24) is 10.3 Å². The van der Waals surface area contributed by atoms with E-state index in [0.717, 1.165) is 5.56 Å². The van der Waals surface area contributed by atoms with Crippen LogP contribution in [0.4, 0.5) is 5.69 Å². The lowest BCUT2D eigenvalue weighted by atomic mass is 10.2. The van der Waals surface area contributed by atoms with Gasteiger partial charge in [-0.2, -0.15) is 0 Å². The minimum absolute atomic E-state index is 0.115. The van der Waals surface area contributed by atoms with Crippen LogP contribution in [0.2, 0.25) is 0 Å². The van der Waals surface area contributed by atoms with E-state index in [0.29, 0.717) is 18.0 Å². The van der Waals surface area contributed by atoms with Gasteiger partial charge in [-0.1, -0.05) is 30.3 Å².